The summed E-state index contributed by atoms with van der Waals surface area (Å²) in [4.78, 5) is 21.3. The summed E-state index contributed by atoms with van der Waals surface area (Å²) in [6, 6.07) is 7.41. The Hall–Kier alpha value is -1.20. The van der Waals surface area contributed by atoms with Gasteiger partial charge in [0.25, 0.3) is 0 Å². The lowest BCUT2D eigenvalue weighted by Crippen LogP contribution is -2.14. The van der Waals surface area contributed by atoms with Crippen molar-refractivity contribution in [1.29, 1.82) is 0 Å². The highest BCUT2D eigenvalue weighted by Crippen LogP contribution is 2.24. The predicted octanol–water partition coefficient (Wildman–Crippen LogP) is 4.53. The van der Waals surface area contributed by atoms with Crippen LogP contribution < -0.4 is 0 Å². The Balaban J connectivity index is 2.16. The van der Waals surface area contributed by atoms with Crippen molar-refractivity contribution >= 4 is 33.5 Å². The molecular formula is C16H17BrN2OS. The van der Waals surface area contributed by atoms with Gasteiger partial charge < -0.3 is 0 Å². The summed E-state index contributed by atoms with van der Waals surface area (Å²) in [6.45, 7) is 7.84. The molecule has 0 aliphatic heterocycles. The first-order valence-electron chi connectivity index (χ1n) is 6.66. The fourth-order valence-corrected chi connectivity index (χ4v) is 3.06. The Morgan fingerprint density at radius 2 is 1.62 bits per heavy atom. The van der Waals surface area contributed by atoms with Crippen LogP contribution in [0.3, 0.4) is 0 Å². The van der Waals surface area contributed by atoms with E-state index in [1.807, 2.05) is 52.0 Å². The van der Waals surface area contributed by atoms with E-state index in [0.29, 0.717) is 10.7 Å². The Bertz CT molecular complexity index is 647. The molecule has 0 saturated carbocycles. The third-order valence-corrected chi connectivity index (χ3v) is 4.88. The summed E-state index contributed by atoms with van der Waals surface area (Å²) < 4.78 is 0.965. The number of rotatable bonds is 4. The molecule has 0 N–H and O–H groups in total. The number of aromatic nitrogens is 2. The van der Waals surface area contributed by atoms with Gasteiger partial charge in [0, 0.05) is 21.4 Å². The first kappa shape index (κ1) is 16.2. The van der Waals surface area contributed by atoms with Crippen LogP contribution in [0.15, 0.2) is 33.9 Å². The maximum atomic E-state index is 12.4. The van der Waals surface area contributed by atoms with Crippen LogP contribution in [0.4, 0.5) is 0 Å². The SMILES string of the molecule is Cc1nc(S[C@H](C)C(=O)c2ccc(Br)cc2)nc(C)c1C. The normalized spacial score (nSPS) is 12.2. The second-order valence-electron chi connectivity index (χ2n) is 4.93. The molecule has 0 amide bonds. The van der Waals surface area contributed by atoms with Crippen molar-refractivity contribution in [2.24, 2.45) is 0 Å². The standard InChI is InChI=1S/C16H17BrN2OS/c1-9-10(2)18-16(19-11(9)3)21-12(4)15(20)13-5-7-14(17)8-6-13/h5-8,12H,1-4H3/t12-/m1/s1. The van der Waals surface area contributed by atoms with Crippen LogP contribution in [0.2, 0.25) is 0 Å². The molecule has 3 nitrogen and oxygen atoms in total. The molecule has 21 heavy (non-hydrogen) atoms. The van der Waals surface area contributed by atoms with Crippen LogP contribution in [0.25, 0.3) is 0 Å². The first-order chi connectivity index (χ1) is 9.88. The minimum atomic E-state index is -0.215. The number of thioether (sulfide) groups is 1. The van der Waals surface area contributed by atoms with Crippen molar-refractivity contribution in [3.63, 3.8) is 0 Å². The summed E-state index contributed by atoms with van der Waals surface area (Å²) >= 11 is 4.78. The Kier molecular flexibility index (Phi) is 5.17. The van der Waals surface area contributed by atoms with Crippen LogP contribution in [0.5, 0.6) is 0 Å². The largest absolute Gasteiger partial charge is 0.293 e. The Labute approximate surface area is 137 Å². The molecule has 1 aromatic carbocycles. The molecule has 1 aromatic heterocycles. The van der Waals surface area contributed by atoms with Crippen LogP contribution in [0, 0.1) is 20.8 Å². The van der Waals surface area contributed by atoms with Crippen molar-refractivity contribution in [1.82, 2.24) is 9.97 Å². The van der Waals surface area contributed by atoms with Gasteiger partial charge in [-0.1, -0.05) is 39.8 Å². The van der Waals surface area contributed by atoms with Crippen LogP contribution in [0.1, 0.15) is 34.2 Å². The average molecular weight is 365 g/mol. The monoisotopic (exact) mass is 364 g/mol. The maximum Gasteiger partial charge on any atom is 0.188 e. The van der Waals surface area contributed by atoms with Gasteiger partial charge in [0.05, 0.1) is 5.25 Å². The van der Waals surface area contributed by atoms with Crippen molar-refractivity contribution in [2.45, 2.75) is 38.1 Å². The maximum absolute atomic E-state index is 12.4. The smallest absolute Gasteiger partial charge is 0.188 e. The summed E-state index contributed by atoms with van der Waals surface area (Å²) in [5, 5.41) is 0.446. The molecule has 0 aliphatic carbocycles. The first-order valence-corrected chi connectivity index (χ1v) is 8.34. The lowest BCUT2D eigenvalue weighted by molar-refractivity contribution is 0.0994. The van der Waals surface area contributed by atoms with E-state index >= 15 is 0 Å². The zero-order chi connectivity index (χ0) is 15.6. The molecule has 0 unspecified atom stereocenters. The number of hydrogen-bond acceptors (Lipinski definition) is 4. The van der Waals surface area contributed by atoms with Gasteiger partial charge in [0.1, 0.15) is 0 Å². The predicted molar refractivity (Wildman–Crippen MR) is 90.0 cm³/mol. The molecule has 2 rings (SSSR count). The topological polar surface area (TPSA) is 42.9 Å². The Morgan fingerprint density at radius 1 is 1.10 bits per heavy atom. The van der Waals surface area contributed by atoms with Gasteiger partial charge in [-0.15, -0.1) is 0 Å². The minimum absolute atomic E-state index is 0.0898. The number of carbonyl (C=O) groups is 1. The number of ketones is 1. The minimum Gasteiger partial charge on any atom is -0.293 e. The molecule has 2 aromatic rings. The van der Waals surface area contributed by atoms with E-state index in [1.54, 1.807) is 0 Å². The van der Waals surface area contributed by atoms with E-state index in [2.05, 4.69) is 25.9 Å². The van der Waals surface area contributed by atoms with Crippen molar-refractivity contribution in [2.75, 3.05) is 0 Å². The van der Waals surface area contributed by atoms with E-state index < -0.39 is 0 Å². The fourth-order valence-electron chi connectivity index (χ4n) is 1.85. The summed E-state index contributed by atoms with van der Waals surface area (Å²) in [7, 11) is 0. The van der Waals surface area contributed by atoms with Crippen molar-refractivity contribution in [3.8, 4) is 0 Å². The molecule has 0 bridgehead atoms. The molecule has 110 valence electrons. The van der Waals surface area contributed by atoms with Gasteiger partial charge in [-0.25, -0.2) is 9.97 Å². The third kappa shape index (κ3) is 3.92. The molecule has 1 heterocycles. The van der Waals surface area contributed by atoms with Crippen molar-refractivity contribution in [3.05, 3.63) is 51.3 Å². The number of benzene rings is 1. The second kappa shape index (κ2) is 6.71. The Morgan fingerprint density at radius 3 is 2.14 bits per heavy atom. The van der Waals surface area contributed by atoms with E-state index in [9.17, 15) is 4.79 Å². The number of carbonyl (C=O) groups excluding carboxylic acids is 1. The van der Waals surface area contributed by atoms with Gasteiger partial charge in [-0.3, -0.25) is 4.79 Å². The summed E-state index contributed by atoms with van der Waals surface area (Å²) in [5.74, 6) is 0.0898. The molecule has 5 heteroatoms. The van der Waals surface area contributed by atoms with E-state index in [-0.39, 0.29) is 11.0 Å². The van der Waals surface area contributed by atoms with Gasteiger partial charge >= 0.3 is 0 Å². The molecule has 0 aliphatic rings. The second-order valence-corrected chi connectivity index (χ2v) is 7.16. The van der Waals surface area contributed by atoms with Gasteiger partial charge in [0.2, 0.25) is 0 Å². The molecule has 0 saturated heterocycles. The fraction of sp³-hybridized carbons (Fsp3) is 0.312. The van der Waals surface area contributed by atoms with Crippen LogP contribution >= 0.6 is 27.7 Å². The average Bonchev–Trinajstić information content (AvgIpc) is 2.44. The summed E-state index contributed by atoms with van der Waals surface area (Å²) in [5.41, 5.74) is 3.74. The van der Waals surface area contributed by atoms with E-state index in [1.165, 1.54) is 11.8 Å². The quantitative estimate of drug-likeness (QED) is 0.454. The number of hydrogen-bond donors (Lipinski definition) is 0. The molecule has 0 fully saturated rings. The number of nitrogens with zero attached hydrogens (tertiary/aromatic N) is 2. The number of aryl methyl sites for hydroxylation is 2. The molecule has 0 radical (unpaired) electrons. The number of Topliss-reactive ketones (excluding diaryl/α,β-unsaturated/α-hetero) is 1. The van der Waals surface area contributed by atoms with Crippen molar-refractivity contribution < 1.29 is 4.79 Å². The van der Waals surface area contributed by atoms with E-state index in [4.69, 9.17) is 0 Å². The van der Waals surface area contributed by atoms with Gasteiger partial charge in [0.15, 0.2) is 10.9 Å². The van der Waals surface area contributed by atoms with E-state index in [0.717, 1.165) is 21.4 Å². The van der Waals surface area contributed by atoms with Gasteiger partial charge in [-0.05, 0) is 45.4 Å². The molecule has 1 atom stereocenters. The highest BCUT2D eigenvalue weighted by molar-refractivity contribution is 9.10. The highest BCUT2D eigenvalue weighted by Gasteiger charge is 2.18. The number of halogens is 1. The molecular weight excluding hydrogens is 348 g/mol. The van der Waals surface area contributed by atoms with Crippen LogP contribution in [-0.2, 0) is 0 Å². The molecule has 0 spiro atoms. The van der Waals surface area contributed by atoms with Gasteiger partial charge in [-0.2, -0.15) is 0 Å². The van der Waals surface area contributed by atoms with Crippen LogP contribution in [-0.4, -0.2) is 21.0 Å². The lowest BCUT2D eigenvalue weighted by Gasteiger charge is -2.11. The highest BCUT2D eigenvalue weighted by atomic mass is 79.9. The zero-order valence-corrected chi connectivity index (χ0v) is 14.9. The lowest BCUT2D eigenvalue weighted by atomic mass is 10.1. The third-order valence-electron chi connectivity index (χ3n) is 3.39. The summed E-state index contributed by atoms with van der Waals surface area (Å²) in [6.07, 6.45) is 0. The zero-order valence-electron chi connectivity index (χ0n) is 12.5.